The molecule has 0 radical (unpaired) electrons. The largest absolute Gasteiger partial charge is 0.382 e. The summed E-state index contributed by atoms with van der Waals surface area (Å²) in [7, 11) is 0. The summed E-state index contributed by atoms with van der Waals surface area (Å²) in [6.45, 7) is 5.44. The van der Waals surface area contributed by atoms with Crippen molar-refractivity contribution < 1.29 is 9.63 Å². The summed E-state index contributed by atoms with van der Waals surface area (Å²) in [4.78, 5) is 17.5. The number of carbonyl (C=O) groups is 1. The molecule has 0 spiro atoms. The van der Waals surface area contributed by atoms with E-state index in [1.165, 1.54) is 5.56 Å². The van der Waals surface area contributed by atoms with Crippen LogP contribution < -0.4 is 5.32 Å². The Bertz CT molecular complexity index is 737. The summed E-state index contributed by atoms with van der Waals surface area (Å²) in [5.74, 6) is -0.120. The lowest BCUT2D eigenvalue weighted by Gasteiger charge is -2.09. The van der Waals surface area contributed by atoms with Gasteiger partial charge in [0, 0.05) is 30.8 Å². The van der Waals surface area contributed by atoms with E-state index >= 15 is 0 Å². The van der Waals surface area contributed by atoms with Crippen LogP contribution in [0.25, 0.3) is 0 Å². The smallest absolute Gasteiger partial charge is 0.264 e. The van der Waals surface area contributed by atoms with E-state index in [4.69, 9.17) is 4.84 Å². The second-order valence-corrected chi connectivity index (χ2v) is 5.82. The van der Waals surface area contributed by atoms with Crippen LogP contribution in [0, 0.1) is 6.92 Å². The van der Waals surface area contributed by atoms with Gasteiger partial charge in [0.25, 0.3) is 5.91 Å². The minimum Gasteiger partial charge on any atom is -0.382 e. The van der Waals surface area contributed by atoms with E-state index in [1.807, 2.05) is 48.9 Å². The van der Waals surface area contributed by atoms with E-state index in [-0.39, 0.29) is 5.91 Å². The molecule has 0 saturated heterocycles. The lowest BCUT2D eigenvalue weighted by molar-refractivity contribution is -0.131. The third-order valence-electron chi connectivity index (χ3n) is 4.23. The summed E-state index contributed by atoms with van der Waals surface area (Å²) in [5.41, 5.74) is 3.99. The van der Waals surface area contributed by atoms with Crippen molar-refractivity contribution in [2.24, 2.45) is 5.16 Å². The van der Waals surface area contributed by atoms with Crippen molar-refractivity contribution in [3.63, 3.8) is 0 Å². The molecule has 6 heteroatoms. The number of oxime groups is 1. The zero-order valence-electron chi connectivity index (χ0n) is 14.0. The molecule has 2 aromatic rings. The van der Waals surface area contributed by atoms with Crippen LogP contribution in [0.4, 0.5) is 0 Å². The van der Waals surface area contributed by atoms with E-state index < -0.39 is 6.10 Å². The van der Waals surface area contributed by atoms with Crippen LogP contribution in [0.2, 0.25) is 0 Å². The highest BCUT2D eigenvalue weighted by Gasteiger charge is 2.30. The molecule has 3 rings (SSSR count). The number of aromatic nitrogens is 2. The van der Waals surface area contributed by atoms with Gasteiger partial charge in [0.15, 0.2) is 0 Å². The molecule has 0 bridgehead atoms. The molecule has 1 aromatic heterocycles. The number of carbonyl (C=O) groups excluding carboxylic acids is 1. The minimum absolute atomic E-state index is 0.120. The Kier molecular flexibility index (Phi) is 4.93. The first-order chi connectivity index (χ1) is 11.7. The van der Waals surface area contributed by atoms with Crippen molar-refractivity contribution in [1.29, 1.82) is 0 Å². The van der Waals surface area contributed by atoms with Gasteiger partial charge in [-0.15, -0.1) is 0 Å². The van der Waals surface area contributed by atoms with Gasteiger partial charge >= 0.3 is 0 Å². The molecule has 1 amide bonds. The highest BCUT2D eigenvalue weighted by Crippen LogP contribution is 2.19. The second-order valence-electron chi connectivity index (χ2n) is 5.82. The van der Waals surface area contributed by atoms with Gasteiger partial charge in [-0.2, -0.15) is 5.10 Å². The molecule has 1 atom stereocenters. The standard InChI is InChI=1S/C18H22N4O2/c1-3-22-13(2)15(12-20-22)16-11-17(24-21-16)18(23)19-10-9-14-7-5-4-6-8-14/h4-8,12,17H,3,9-11H2,1-2H3,(H,19,23)/t17-/m1/s1. The summed E-state index contributed by atoms with van der Waals surface area (Å²) in [5, 5.41) is 11.3. The zero-order chi connectivity index (χ0) is 16.9. The van der Waals surface area contributed by atoms with Crippen molar-refractivity contribution in [2.45, 2.75) is 39.3 Å². The molecule has 2 heterocycles. The fourth-order valence-corrected chi connectivity index (χ4v) is 2.81. The lowest BCUT2D eigenvalue weighted by atomic mass is 10.1. The molecule has 6 nitrogen and oxygen atoms in total. The predicted octanol–water partition coefficient (Wildman–Crippen LogP) is 2.06. The normalized spacial score (nSPS) is 16.6. The molecular weight excluding hydrogens is 304 g/mol. The number of nitrogens with zero attached hydrogens (tertiary/aromatic N) is 3. The number of benzene rings is 1. The second kappa shape index (κ2) is 7.29. The van der Waals surface area contributed by atoms with Crippen LogP contribution in [0.15, 0.2) is 41.7 Å². The summed E-state index contributed by atoms with van der Waals surface area (Å²) < 4.78 is 1.91. The lowest BCUT2D eigenvalue weighted by Crippen LogP contribution is -2.36. The van der Waals surface area contributed by atoms with Crippen molar-refractivity contribution in [3.8, 4) is 0 Å². The van der Waals surface area contributed by atoms with Crippen molar-refractivity contribution in [3.05, 3.63) is 53.3 Å². The van der Waals surface area contributed by atoms with Crippen LogP contribution in [0.3, 0.4) is 0 Å². The van der Waals surface area contributed by atoms with Gasteiger partial charge < -0.3 is 10.2 Å². The van der Waals surface area contributed by atoms with Gasteiger partial charge in [-0.3, -0.25) is 9.48 Å². The molecule has 1 N–H and O–H groups in total. The average molecular weight is 326 g/mol. The maximum absolute atomic E-state index is 12.2. The van der Waals surface area contributed by atoms with E-state index in [2.05, 4.69) is 15.6 Å². The Morgan fingerprint density at radius 2 is 2.17 bits per heavy atom. The van der Waals surface area contributed by atoms with Gasteiger partial charge in [0.2, 0.25) is 6.10 Å². The summed E-state index contributed by atoms with van der Waals surface area (Å²) >= 11 is 0. The number of aryl methyl sites for hydroxylation is 1. The van der Waals surface area contributed by atoms with E-state index in [1.54, 1.807) is 6.20 Å². The van der Waals surface area contributed by atoms with E-state index in [9.17, 15) is 4.79 Å². The monoisotopic (exact) mass is 326 g/mol. The van der Waals surface area contributed by atoms with Crippen LogP contribution in [-0.2, 0) is 22.6 Å². The van der Waals surface area contributed by atoms with Gasteiger partial charge in [0.1, 0.15) is 0 Å². The Morgan fingerprint density at radius 3 is 2.88 bits per heavy atom. The number of rotatable bonds is 6. The minimum atomic E-state index is -0.555. The molecule has 1 aliphatic rings. The topological polar surface area (TPSA) is 68.5 Å². The highest BCUT2D eigenvalue weighted by molar-refractivity contribution is 6.04. The Balaban J connectivity index is 1.51. The molecule has 126 valence electrons. The summed E-state index contributed by atoms with van der Waals surface area (Å²) in [6, 6.07) is 10.1. The van der Waals surface area contributed by atoms with Crippen molar-refractivity contribution in [2.75, 3.05) is 6.54 Å². The number of amides is 1. The highest BCUT2D eigenvalue weighted by atomic mass is 16.6. The number of nitrogens with one attached hydrogen (secondary N) is 1. The maximum atomic E-state index is 12.2. The molecule has 0 fully saturated rings. The maximum Gasteiger partial charge on any atom is 0.264 e. The molecular formula is C18H22N4O2. The molecule has 1 aromatic carbocycles. The first-order valence-electron chi connectivity index (χ1n) is 8.26. The molecule has 1 aliphatic heterocycles. The van der Waals surface area contributed by atoms with Crippen molar-refractivity contribution >= 4 is 11.6 Å². The van der Waals surface area contributed by atoms with Crippen LogP contribution in [0.5, 0.6) is 0 Å². The van der Waals surface area contributed by atoms with Gasteiger partial charge in [0.05, 0.1) is 11.9 Å². The fourth-order valence-electron chi connectivity index (χ4n) is 2.81. The SMILES string of the molecule is CCn1ncc(C2=NO[C@@H](C(=O)NCCc3ccccc3)C2)c1C. The fraction of sp³-hybridized carbons (Fsp3) is 0.389. The summed E-state index contributed by atoms with van der Waals surface area (Å²) in [6.07, 6.45) is 2.51. The van der Waals surface area contributed by atoms with Crippen LogP contribution >= 0.6 is 0 Å². The van der Waals surface area contributed by atoms with Gasteiger partial charge in [-0.05, 0) is 25.8 Å². The third kappa shape index (κ3) is 3.48. The number of hydrogen-bond donors (Lipinski definition) is 1. The van der Waals surface area contributed by atoms with E-state index in [0.29, 0.717) is 13.0 Å². The Labute approximate surface area is 141 Å². The molecule has 0 unspecified atom stereocenters. The number of hydrogen-bond acceptors (Lipinski definition) is 4. The van der Waals surface area contributed by atoms with Crippen LogP contribution in [-0.4, -0.2) is 34.0 Å². The third-order valence-corrected chi connectivity index (χ3v) is 4.23. The first kappa shape index (κ1) is 16.2. The average Bonchev–Trinajstić information content (AvgIpc) is 3.22. The van der Waals surface area contributed by atoms with E-state index in [0.717, 1.165) is 29.9 Å². The Hall–Kier alpha value is -2.63. The predicted molar refractivity (Wildman–Crippen MR) is 91.8 cm³/mol. The molecule has 24 heavy (non-hydrogen) atoms. The van der Waals surface area contributed by atoms with Crippen molar-refractivity contribution in [1.82, 2.24) is 15.1 Å². The molecule has 0 saturated carbocycles. The van der Waals surface area contributed by atoms with Crippen LogP contribution in [0.1, 0.15) is 30.2 Å². The van der Waals surface area contributed by atoms with Gasteiger partial charge in [-0.25, -0.2) is 0 Å². The quantitative estimate of drug-likeness (QED) is 0.883. The molecule has 0 aliphatic carbocycles. The first-order valence-corrected chi connectivity index (χ1v) is 8.26. The zero-order valence-corrected chi connectivity index (χ0v) is 14.0. The van der Waals surface area contributed by atoms with Gasteiger partial charge in [-0.1, -0.05) is 35.5 Å². The Morgan fingerprint density at radius 1 is 1.38 bits per heavy atom.